The molecule has 7 heteroatoms. The highest BCUT2D eigenvalue weighted by Gasteiger charge is 2.23. The van der Waals surface area contributed by atoms with E-state index in [4.69, 9.17) is 10.8 Å². The molecule has 78 valence electrons. The largest absolute Gasteiger partial charge is 0.480 e. The summed E-state index contributed by atoms with van der Waals surface area (Å²) in [5.41, 5.74) is 5.13. The summed E-state index contributed by atoms with van der Waals surface area (Å²) in [5.74, 6) is -1.88. The molecule has 0 aliphatic heterocycles. The first-order chi connectivity index (χ1) is 6.43. The Labute approximate surface area is 85.1 Å². The molecule has 1 unspecified atom stereocenters. The first-order valence-electron chi connectivity index (χ1n) is 3.68. The van der Waals surface area contributed by atoms with Crippen LogP contribution in [0.3, 0.4) is 0 Å². The quantitative estimate of drug-likeness (QED) is 0.761. The van der Waals surface area contributed by atoms with E-state index < -0.39 is 27.6 Å². The summed E-state index contributed by atoms with van der Waals surface area (Å²) in [6, 6.07) is 1.64. The molecule has 5 nitrogen and oxygen atoms in total. The van der Waals surface area contributed by atoms with E-state index in [1.165, 1.54) is 6.07 Å². The summed E-state index contributed by atoms with van der Waals surface area (Å²) in [5, 5.41) is 10.1. The third-order valence-electron chi connectivity index (χ3n) is 1.52. The molecule has 0 aliphatic carbocycles. The molecule has 1 rings (SSSR count). The number of rotatable bonds is 4. The van der Waals surface area contributed by atoms with Crippen LogP contribution in [-0.4, -0.2) is 31.3 Å². The van der Waals surface area contributed by atoms with Gasteiger partial charge in [-0.15, -0.1) is 11.3 Å². The Hall–Kier alpha value is -0.920. The Balaban J connectivity index is 2.84. The first kappa shape index (κ1) is 11.2. The minimum Gasteiger partial charge on any atom is -0.480 e. The number of thiophene rings is 1. The van der Waals surface area contributed by atoms with Crippen molar-refractivity contribution in [3.05, 3.63) is 17.5 Å². The highest BCUT2D eigenvalue weighted by molar-refractivity contribution is 7.93. The van der Waals surface area contributed by atoms with Gasteiger partial charge in [0.1, 0.15) is 10.3 Å². The standard InChI is InChI=1S/C7H9NO4S2/c8-5(7(9)10)4-14(11,12)6-2-1-3-13-6/h1-3,5H,4,8H2,(H,9,10). The zero-order valence-electron chi connectivity index (χ0n) is 7.08. The van der Waals surface area contributed by atoms with Crippen molar-refractivity contribution in [2.75, 3.05) is 5.75 Å². The zero-order valence-corrected chi connectivity index (χ0v) is 8.72. The molecule has 0 saturated carbocycles. The SMILES string of the molecule is NC(CS(=O)(=O)c1cccs1)C(=O)O. The van der Waals surface area contributed by atoms with Crippen molar-refractivity contribution < 1.29 is 18.3 Å². The first-order valence-corrected chi connectivity index (χ1v) is 6.21. The van der Waals surface area contributed by atoms with Crippen molar-refractivity contribution in [1.82, 2.24) is 0 Å². The lowest BCUT2D eigenvalue weighted by Gasteiger charge is -2.05. The number of aliphatic carboxylic acids is 1. The van der Waals surface area contributed by atoms with Crippen molar-refractivity contribution in [3.8, 4) is 0 Å². The summed E-state index contributed by atoms with van der Waals surface area (Å²) < 4.78 is 23.1. The van der Waals surface area contributed by atoms with Crippen LogP contribution in [0, 0.1) is 0 Å². The van der Waals surface area contributed by atoms with Crippen LogP contribution in [0.4, 0.5) is 0 Å². The maximum Gasteiger partial charge on any atom is 0.321 e. The highest BCUT2D eigenvalue weighted by Crippen LogP contribution is 2.17. The van der Waals surface area contributed by atoms with Crippen molar-refractivity contribution in [2.24, 2.45) is 5.73 Å². The van der Waals surface area contributed by atoms with Gasteiger partial charge in [-0.1, -0.05) is 6.07 Å². The summed E-state index contributed by atoms with van der Waals surface area (Å²) in [6.45, 7) is 0. The third kappa shape index (κ3) is 2.53. The molecule has 0 amide bonds. The van der Waals surface area contributed by atoms with Gasteiger partial charge < -0.3 is 10.8 Å². The fourth-order valence-electron chi connectivity index (χ4n) is 0.830. The van der Waals surface area contributed by atoms with Crippen LogP contribution in [0.15, 0.2) is 21.7 Å². The summed E-state index contributed by atoms with van der Waals surface area (Å²) >= 11 is 1.05. The topological polar surface area (TPSA) is 97.5 Å². The van der Waals surface area contributed by atoms with Crippen LogP contribution in [-0.2, 0) is 14.6 Å². The summed E-state index contributed by atoms with van der Waals surface area (Å²) in [4.78, 5) is 10.4. The Morgan fingerprint density at radius 2 is 2.29 bits per heavy atom. The van der Waals surface area contributed by atoms with Gasteiger partial charge in [0, 0.05) is 0 Å². The van der Waals surface area contributed by atoms with Crippen LogP contribution < -0.4 is 5.73 Å². The number of hydrogen-bond acceptors (Lipinski definition) is 5. The maximum absolute atomic E-state index is 11.5. The molecule has 14 heavy (non-hydrogen) atoms. The lowest BCUT2D eigenvalue weighted by molar-refractivity contribution is -0.137. The number of carbonyl (C=O) groups is 1. The number of sulfone groups is 1. The van der Waals surface area contributed by atoms with E-state index in [1.807, 2.05) is 0 Å². The second-order valence-electron chi connectivity index (χ2n) is 2.66. The Morgan fingerprint density at radius 3 is 2.71 bits per heavy atom. The minimum absolute atomic E-state index is 0.147. The van der Waals surface area contributed by atoms with Crippen LogP contribution >= 0.6 is 11.3 Å². The number of nitrogens with two attached hydrogens (primary N) is 1. The second-order valence-corrected chi connectivity index (χ2v) is 5.87. The average molecular weight is 235 g/mol. The Morgan fingerprint density at radius 1 is 1.64 bits per heavy atom. The summed E-state index contributed by atoms with van der Waals surface area (Å²) in [6.07, 6.45) is 0. The van der Waals surface area contributed by atoms with Gasteiger partial charge >= 0.3 is 5.97 Å². The van der Waals surface area contributed by atoms with Gasteiger partial charge in [-0.3, -0.25) is 4.79 Å². The fraction of sp³-hybridized carbons (Fsp3) is 0.286. The van der Waals surface area contributed by atoms with Crippen molar-refractivity contribution >= 4 is 27.1 Å². The molecular formula is C7H9NO4S2. The van der Waals surface area contributed by atoms with E-state index in [1.54, 1.807) is 11.4 Å². The Kier molecular flexibility index (Phi) is 3.25. The van der Waals surface area contributed by atoms with E-state index in [-0.39, 0.29) is 4.21 Å². The summed E-state index contributed by atoms with van der Waals surface area (Å²) in [7, 11) is -3.55. The average Bonchev–Trinajstić information content (AvgIpc) is 2.54. The molecule has 0 radical (unpaired) electrons. The van der Waals surface area contributed by atoms with Gasteiger partial charge in [0.2, 0.25) is 0 Å². The van der Waals surface area contributed by atoms with Crippen molar-refractivity contribution in [2.45, 2.75) is 10.3 Å². The Bertz CT molecular complexity index is 409. The molecule has 3 N–H and O–H groups in total. The fourth-order valence-corrected chi connectivity index (χ4v) is 3.30. The molecule has 0 spiro atoms. The van der Waals surface area contributed by atoms with Gasteiger partial charge in [-0.05, 0) is 11.4 Å². The lowest BCUT2D eigenvalue weighted by Crippen LogP contribution is -2.37. The van der Waals surface area contributed by atoms with E-state index >= 15 is 0 Å². The van der Waals surface area contributed by atoms with Crippen LogP contribution in [0.1, 0.15) is 0 Å². The number of hydrogen-bond donors (Lipinski definition) is 2. The normalized spacial score (nSPS) is 13.8. The van der Waals surface area contributed by atoms with E-state index in [9.17, 15) is 13.2 Å². The zero-order chi connectivity index (χ0) is 10.8. The maximum atomic E-state index is 11.5. The minimum atomic E-state index is -3.55. The van der Waals surface area contributed by atoms with Crippen molar-refractivity contribution in [3.63, 3.8) is 0 Å². The van der Waals surface area contributed by atoms with Gasteiger partial charge in [0.15, 0.2) is 9.84 Å². The monoisotopic (exact) mass is 235 g/mol. The second kappa shape index (κ2) is 4.07. The molecule has 0 bridgehead atoms. The molecule has 1 atom stereocenters. The molecular weight excluding hydrogens is 226 g/mol. The van der Waals surface area contributed by atoms with Crippen LogP contribution in [0.2, 0.25) is 0 Å². The van der Waals surface area contributed by atoms with Gasteiger partial charge in [-0.25, -0.2) is 8.42 Å². The van der Waals surface area contributed by atoms with E-state index in [0.29, 0.717) is 0 Å². The highest BCUT2D eigenvalue weighted by atomic mass is 32.2. The van der Waals surface area contributed by atoms with E-state index in [0.717, 1.165) is 11.3 Å². The molecule has 0 saturated heterocycles. The van der Waals surface area contributed by atoms with Gasteiger partial charge in [0.05, 0.1) is 5.75 Å². The van der Waals surface area contributed by atoms with Gasteiger partial charge in [-0.2, -0.15) is 0 Å². The number of carboxylic acids is 1. The molecule has 0 aromatic carbocycles. The van der Waals surface area contributed by atoms with Crippen LogP contribution in [0.5, 0.6) is 0 Å². The van der Waals surface area contributed by atoms with Crippen LogP contribution in [0.25, 0.3) is 0 Å². The lowest BCUT2D eigenvalue weighted by atomic mass is 10.4. The molecule has 0 fully saturated rings. The predicted octanol–water partition coefficient (Wildman–Crippen LogP) is -0.0663. The molecule has 0 aliphatic rings. The molecule has 1 heterocycles. The molecule has 1 aromatic rings. The molecule has 1 aromatic heterocycles. The third-order valence-corrected chi connectivity index (χ3v) is 4.78. The number of carboxylic acid groups (broad SMARTS) is 1. The van der Waals surface area contributed by atoms with Crippen molar-refractivity contribution in [1.29, 1.82) is 0 Å². The predicted molar refractivity (Wildman–Crippen MR) is 52.0 cm³/mol. The van der Waals surface area contributed by atoms with Gasteiger partial charge in [0.25, 0.3) is 0 Å². The smallest absolute Gasteiger partial charge is 0.321 e. The van der Waals surface area contributed by atoms with E-state index in [2.05, 4.69) is 0 Å².